The van der Waals surface area contributed by atoms with Crippen LogP contribution < -0.4 is 10.1 Å². The van der Waals surface area contributed by atoms with Crippen LogP contribution in [0.25, 0.3) is 0 Å². The van der Waals surface area contributed by atoms with Crippen LogP contribution in [0.4, 0.5) is 0 Å². The van der Waals surface area contributed by atoms with Gasteiger partial charge in [0, 0.05) is 6.04 Å². The maximum absolute atomic E-state index is 5.39. The smallest absolute Gasteiger partial charge is 0.122 e. The molecule has 1 N–H and O–H groups in total. The van der Waals surface area contributed by atoms with Gasteiger partial charge in [-0.25, -0.2) is 0 Å². The molecule has 1 atom stereocenters. The SMILES string of the molecule is CCNC(CCCc1ccccc1OC)C1CC1. The van der Waals surface area contributed by atoms with Crippen molar-refractivity contribution in [3.8, 4) is 5.75 Å². The lowest BCUT2D eigenvalue weighted by Gasteiger charge is -2.17. The molecule has 1 saturated carbocycles. The maximum atomic E-state index is 5.39. The van der Waals surface area contributed by atoms with Gasteiger partial charge in [0.15, 0.2) is 0 Å². The van der Waals surface area contributed by atoms with E-state index in [0.717, 1.165) is 30.7 Å². The first-order valence-electron chi connectivity index (χ1n) is 7.20. The average molecular weight is 247 g/mol. The van der Waals surface area contributed by atoms with Crippen molar-refractivity contribution in [3.63, 3.8) is 0 Å². The molecule has 1 unspecified atom stereocenters. The van der Waals surface area contributed by atoms with E-state index in [1.807, 2.05) is 6.07 Å². The summed E-state index contributed by atoms with van der Waals surface area (Å²) in [5.41, 5.74) is 1.34. The summed E-state index contributed by atoms with van der Waals surface area (Å²) in [6.07, 6.45) is 6.50. The number of nitrogens with one attached hydrogen (secondary N) is 1. The summed E-state index contributed by atoms with van der Waals surface area (Å²) in [6.45, 7) is 3.30. The number of rotatable bonds is 8. The van der Waals surface area contributed by atoms with Crippen molar-refractivity contribution in [1.82, 2.24) is 5.32 Å². The minimum Gasteiger partial charge on any atom is -0.496 e. The van der Waals surface area contributed by atoms with Gasteiger partial charge in [-0.15, -0.1) is 0 Å². The normalized spacial score (nSPS) is 16.6. The Labute approximate surface area is 111 Å². The second kappa shape index (κ2) is 6.79. The van der Waals surface area contributed by atoms with Crippen molar-refractivity contribution in [1.29, 1.82) is 0 Å². The third-order valence-corrected chi connectivity index (χ3v) is 3.81. The summed E-state index contributed by atoms with van der Waals surface area (Å²) in [7, 11) is 1.75. The summed E-state index contributed by atoms with van der Waals surface area (Å²) in [6, 6.07) is 9.11. The van der Waals surface area contributed by atoms with Crippen LogP contribution in [0.15, 0.2) is 24.3 Å². The predicted octanol–water partition coefficient (Wildman–Crippen LogP) is 3.41. The van der Waals surface area contributed by atoms with E-state index in [1.165, 1.54) is 31.2 Å². The lowest BCUT2D eigenvalue weighted by atomic mass is 10.0. The Morgan fingerprint density at radius 3 is 2.78 bits per heavy atom. The molecule has 18 heavy (non-hydrogen) atoms. The number of aryl methyl sites for hydroxylation is 1. The molecule has 2 rings (SSSR count). The molecule has 0 aliphatic heterocycles. The highest BCUT2D eigenvalue weighted by Gasteiger charge is 2.29. The van der Waals surface area contributed by atoms with Crippen LogP contribution in [0, 0.1) is 5.92 Å². The van der Waals surface area contributed by atoms with E-state index in [0.29, 0.717) is 0 Å². The fourth-order valence-corrected chi connectivity index (χ4v) is 2.69. The highest BCUT2D eigenvalue weighted by molar-refractivity contribution is 5.33. The van der Waals surface area contributed by atoms with E-state index in [9.17, 15) is 0 Å². The van der Waals surface area contributed by atoms with Gasteiger partial charge in [0.25, 0.3) is 0 Å². The lowest BCUT2D eigenvalue weighted by molar-refractivity contribution is 0.404. The first kappa shape index (κ1) is 13.4. The summed E-state index contributed by atoms with van der Waals surface area (Å²) in [5, 5.41) is 3.63. The van der Waals surface area contributed by atoms with Gasteiger partial charge in [0.05, 0.1) is 7.11 Å². The zero-order valence-corrected chi connectivity index (χ0v) is 11.6. The van der Waals surface area contributed by atoms with Crippen LogP contribution in [0.1, 0.15) is 38.2 Å². The molecule has 0 radical (unpaired) electrons. The Morgan fingerprint density at radius 2 is 2.11 bits per heavy atom. The lowest BCUT2D eigenvalue weighted by Crippen LogP contribution is -2.30. The van der Waals surface area contributed by atoms with Crippen LogP contribution in [-0.4, -0.2) is 19.7 Å². The Morgan fingerprint density at radius 1 is 1.33 bits per heavy atom. The quantitative estimate of drug-likeness (QED) is 0.760. The van der Waals surface area contributed by atoms with E-state index in [4.69, 9.17) is 4.74 Å². The van der Waals surface area contributed by atoms with Gasteiger partial charge in [-0.1, -0.05) is 25.1 Å². The molecule has 0 spiro atoms. The standard InChI is InChI=1S/C16H25NO/c1-3-17-15(13-11-12-13)9-6-8-14-7-4-5-10-16(14)18-2/h4-5,7,10,13,15,17H,3,6,8-9,11-12H2,1-2H3. The first-order valence-corrected chi connectivity index (χ1v) is 7.20. The zero-order chi connectivity index (χ0) is 12.8. The molecular formula is C16H25NO. The van der Waals surface area contributed by atoms with Gasteiger partial charge < -0.3 is 10.1 Å². The molecule has 0 saturated heterocycles. The van der Waals surface area contributed by atoms with Gasteiger partial charge in [0.1, 0.15) is 5.75 Å². The second-order valence-electron chi connectivity index (χ2n) is 5.21. The van der Waals surface area contributed by atoms with Crippen LogP contribution in [0.2, 0.25) is 0 Å². The second-order valence-corrected chi connectivity index (χ2v) is 5.21. The number of benzene rings is 1. The summed E-state index contributed by atoms with van der Waals surface area (Å²) in [5.74, 6) is 1.98. The van der Waals surface area contributed by atoms with Gasteiger partial charge in [-0.3, -0.25) is 0 Å². The maximum Gasteiger partial charge on any atom is 0.122 e. The van der Waals surface area contributed by atoms with Gasteiger partial charge in [-0.05, 0) is 56.2 Å². The van der Waals surface area contributed by atoms with Crippen LogP contribution in [0.5, 0.6) is 5.75 Å². The van der Waals surface area contributed by atoms with Crippen molar-refractivity contribution < 1.29 is 4.74 Å². The monoisotopic (exact) mass is 247 g/mol. The van der Waals surface area contributed by atoms with Crippen molar-refractivity contribution in [3.05, 3.63) is 29.8 Å². The Bertz CT molecular complexity index is 360. The Kier molecular flexibility index (Phi) is 5.06. The van der Waals surface area contributed by atoms with Crippen molar-refractivity contribution in [2.75, 3.05) is 13.7 Å². The molecule has 0 amide bonds. The zero-order valence-electron chi connectivity index (χ0n) is 11.6. The molecule has 2 heteroatoms. The number of hydrogen-bond donors (Lipinski definition) is 1. The number of methoxy groups -OCH3 is 1. The van der Waals surface area contributed by atoms with Crippen LogP contribution >= 0.6 is 0 Å². The molecule has 100 valence electrons. The molecule has 0 heterocycles. The summed E-state index contributed by atoms with van der Waals surface area (Å²) < 4.78 is 5.39. The third kappa shape index (κ3) is 3.74. The van der Waals surface area contributed by atoms with Gasteiger partial charge in [-0.2, -0.15) is 0 Å². The molecule has 2 nitrogen and oxygen atoms in total. The fraction of sp³-hybridized carbons (Fsp3) is 0.625. The molecule has 1 aliphatic carbocycles. The van der Waals surface area contributed by atoms with E-state index in [1.54, 1.807) is 7.11 Å². The summed E-state index contributed by atoms with van der Waals surface area (Å²) >= 11 is 0. The largest absolute Gasteiger partial charge is 0.496 e. The topological polar surface area (TPSA) is 21.3 Å². The van der Waals surface area contributed by atoms with E-state index in [2.05, 4.69) is 30.4 Å². The summed E-state index contributed by atoms with van der Waals surface area (Å²) in [4.78, 5) is 0. The Balaban J connectivity index is 1.79. The van der Waals surface area contributed by atoms with E-state index in [-0.39, 0.29) is 0 Å². The van der Waals surface area contributed by atoms with Crippen molar-refractivity contribution >= 4 is 0 Å². The number of para-hydroxylation sites is 1. The molecule has 1 aliphatic rings. The van der Waals surface area contributed by atoms with Gasteiger partial charge >= 0.3 is 0 Å². The van der Waals surface area contributed by atoms with Gasteiger partial charge in [0.2, 0.25) is 0 Å². The molecule has 1 aromatic rings. The van der Waals surface area contributed by atoms with Crippen molar-refractivity contribution in [2.24, 2.45) is 5.92 Å². The molecule has 0 aromatic heterocycles. The average Bonchev–Trinajstić information content (AvgIpc) is 3.22. The molecule has 0 bridgehead atoms. The highest BCUT2D eigenvalue weighted by Crippen LogP contribution is 2.34. The van der Waals surface area contributed by atoms with Crippen LogP contribution in [0.3, 0.4) is 0 Å². The van der Waals surface area contributed by atoms with E-state index < -0.39 is 0 Å². The number of hydrogen-bond acceptors (Lipinski definition) is 2. The first-order chi connectivity index (χ1) is 8.85. The highest BCUT2D eigenvalue weighted by atomic mass is 16.5. The minimum absolute atomic E-state index is 0.740. The fourth-order valence-electron chi connectivity index (χ4n) is 2.69. The molecule has 1 fully saturated rings. The third-order valence-electron chi connectivity index (χ3n) is 3.81. The number of ether oxygens (including phenoxy) is 1. The van der Waals surface area contributed by atoms with Crippen molar-refractivity contribution in [2.45, 2.75) is 45.1 Å². The van der Waals surface area contributed by atoms with E-state index >= 15 is 0 Å². The Hall–Kier alpha value is -1.02. The minimum atomic E-state index is 0.740. The van der Waals surface area contributed by atoms with Crippen LogP contribution in [-0.2, 0) is 6.42 Å². The molecular weight excluding hydrogens is 222 g/mol. The molecule has 1 aromatic carbocycles. The predicted molar refractivity (Wildman–Crippen MR) is 76.1 cm³/mol.